The third-order valence-electron chi connectivity index (χ3n) is 4.44. The Labute approximate surface area is 159 Å². The van der Waals surface area contributed by atoms with E-state index in [0.717, 1.165) is 24.1 Å². The first-order valence-electron chi connectivity index (χ1n) is 8.52. The number of alkyl halides is 3. The maximum atomic E-state index is 13.1. The minimum Gasteiger partial charge on any atom is -0.466 e. The molecule has 0 unspecified atom stereocenters. The number of nitrogens with zero attached hydrogens (tertiary/aromatic N) is 1. The van der Waals surface area contributed by atoms with Gasteiger partial charge in [0.05, 0.1) is 24.9 Å². The van der Waals surface area contributed by atoms with Crippen LogP contribution in [-0.2, 0) is 30.0 Å². The molecule has 0 spiro atoms. The third-order valence-corrected chi connectivity index (χ3v) is 4.44. The molecule has 0 fully saturated rings. The Morgan fingerprint density at radius 2 is 1.96 bits per heavy atom. The molecule has 0 saturated heterocycles. The fourth-order valence-electron chi connectivity index (χ4n) is 3.13. The van der Waals surface area contributed by atoms with E-state index in [1.807, 2.05) is 0 Å². The lowest BCUT2D eigenvalue weighted by atomic mass is 9.83. The first-order valence-corrected chi connectivity index (χ1v) is 8.52. The molecule has 9 heteroatoms. The van der Waals surface area contributed by atoms with Crippen molar-refractivity contribution in [2.75, 3.05) is 20.3 Å². The zero-order valence-corrected chi connectivity index (χ0v) is 15.6. The molecule has 1 aliphatic rings. The second-order valence-corrected chi connectivity index (χ2v) is 6.16. The highest BCUT2D eigenvalue weighted by Gasteiger charge is 2.38. The van der Waals surface area contributed by atoms with Crippen molar-refractivity contribution in [3.05, 3.63) is 46.7 Å². The van der Waals surface area contributed by atoms with Gasteiger partial charge in [0.2, 0.25) is 5.91 Å². The molecule has 6 nitrogen and oxygen atoms in total. The summed E-state index contributed by atoms with van der Waals surface area (Å²) < 4.78 is 48.8. The van der Waals surface area contributed by atoms with E-state index in [2.05, 4.69) is 0 Å². The monoisotopic (exact) mass is 399 g/mol. The summed E-state index contributed by atoms with van der Waals surface area (Å²) in [6.07, 6.45) is -4.84. The number of hydrogen-bond acceptors (Lipinski definition) is 5. The van der Waals surface area contributed by atoms with Gasteiger partial charge in [0.25, 0.3) is 0 Å². The van der Waals surface area contributed by atoms with Gasteiger partial charge in [-0.25, -0.2) is 4.79 Å². The highest BCUT2D eigenvalue weighted by molar-refractivity contribution is 5.96. The molecule has 1 atom stereocenters. The number of carbonyl (C=O) groups excluding carboxylic acids is 3. The fourth-order valence-corrected chi connectivity index (χ4v) is 3.13. The van der Waals surface area contributed by atoms with E-state index in [9.17, 15) is 27.6 Å². The van der Waals surface area contributed by atoms with E-state index in [1.165, 1.54) is 19.1 Å². The Kier molecular flexibility index (Phi) is 6.48. The summed E-state index contributed by atoms with van der Waals surface area (Å²) in [6.45, 7) is 2.79. The molecule has 1 aromatic rings. The zero-order valence-electron chi connectivity index (χ0n) is 15.6. The fraction of sp³-hybridized carbons (Fsp3) is 0.421. The van der Waals surface area contributed by atoms with Crippen molar-refractivity contribution < 1.29 is 37.0 Å². The Morgan fingerprint density at radius 3 is 2.54 bits per heavy atom. The van der Waals surface area contributed by atoms with Gasteiger partial charge in [-0.2, -0.15) is 13.2 Å². The highest BCUT2D eigenvalue weighted by atomic mass is 19.4. The molecule has 2 rings (SSSR count). The van der Waals surface area contributed by atoms with E-state index in [4.69, 9.17) is 9.47 Å². The standard InChI is InChI=1S/C19H20F3NO5/c1-4-28-16(25)10-23-11(2)17(18(26)27-3)14(9-15(23)24)12-6-5-7-13(8-12)19(20,21)22/h5-8,14H,4,9-10H2,1-3H3/t14-/m0/s1. The van der Waals surface area contributed by atoms with E-state index in [0.29, 0.717) is 0 Å². The predicted molar refractivity (Wildman–Crippen MR) is 91.9 cm³/mol. The van der Waals surface area contributed by atoms with Crippen LogP contribution in [0.4, 0.5) is 13.2 Å². The number of esters is 2. The predicted octanol–water partition coefficient (Wildman–Crippen LogP) is 3.03. The minimum absolute atomic E-state index is 0.0331. The van der Waals surface area contributed by atoms with Crippen LogP contribution in [0.3, 0.4) is 0 Å². The Hall–Kier alpha value is -2.84. The second-order valence-electron chi connectivity index (χ2n) is 6.16. The Balaban J connectivity index is 2.51. The molecule has 1 aromatic carbocycles. The number of methoxy groups -OCH3 is 1. The second kappa shape index (κ2) is 8.45. The minimum atomic E-state index is -4.56. The summed E-state index contributed by atoms with van der Waals surface area (Å²) in [4.78, 5) is 37.8. The van der Waals surface area contributed by atoms with Crippen molar-refractivity contribution in [3.8, 4) is 0 Å². The third kappa shape index (κ3) is 4.52. The number of carbonyl (C=O) groups is 3. The molecule has 28 heavy (non-hydrogen) atoms. The average molecular weight is 399 g/mol. The molecular formula is C19H20F3NO5. The van der Waals surface area contributed by atoms with Crippen LogP contribution in [0.1, 0.15) is 37.3 Å². The number of halogens is 3. The molecule has 1 aliphatic heterocycles. The topological polar surface area (TPSA) is 72.9 Å². The molecule has 0 saturated carbocycles. The molecule has 1 heterocycles. The van der Waals surface area contributed by atoms with Crippen molar-refractivity contribution in [1.29, 1.82) is 0 Å². The van der Waals surface area contributed by atoms with E-state index in [1.54, 1.807) is 6.92 Å². The van der Waals surface area contributed by atoms with Crippen molar-refractivity contribution in [2.45, 2.75) is 32.4 Å². The number of rotatable bonds is 5. The summed E-state index contributed by atoms with van der Waals surface area (Å²) in [5.74, 6) is -2.85. The first-order chi connectivity index (χ1) is 13.1. The number of benzene rings is 1. The van der Waals surface area contributed by atoms with Crippen LogP contribution in [0.5, 0.6) is 0 Å². The smallest absolute Gasteiger partial charge is 0.416 e. The Bertz CT molecular complexity index is 816. The summed E-state index contributed by atoms with van der Waals surface area (Å²) in [5.41, 5.74) is -0.531. The SMILES string of the molecule is CCOC(=O)CN1C(=O)C[C@@H](c2cccc(C(F)(F)F)c2)C(C(=O)OC)=C1C. The van der Waals surface area contributed by atoms with Gasteiger partial charge in [-0.3, -0.25) is 9.59 Å². The molecule has 0 aromatic heterocycles. The normalized spacial score (nSPS) is 17.6. The van der Waals surface area contributed by atoms with E-state index >= 15 is 0 Å². The molecule has 0 radical (unpaired) electrons. The molecule has 0 aliphatic carbocycles. The van der Waals surface area contributed by atoms with Crippen LogP contribution >= 0.6 is 0 Å². The first kappa shape index (κ1) is 21.5. The lowest BCUT2D eigenvalue weighted by Gasteiger charge is -2.33. The van der Waals surface area contributed by atoms with E-state index in [-0.39, 0.29) is 29.9 Å². The van der Waals surface area contributed by atoms with Gasteiger partial charge >= 0.3 is 18.1 Å². The van der Waals surface area contributed by atoms with Crippen LogP contribution in [0.2, 0.25) is 0 Å². The molecule has 1 amide bonds. The van der Waals surface area contributed by atoms with Crippen LogP contribution in [0.15, 0.2) is 35.5 Å². The van der Waals surface area contributed by atoms with Crippen molar-refractivity contribution in [2.24, 2.45) is 0 Å². The van der Waals surface area contributed by atoms with Crippen molar-refractivity contribution in [1.82, 2.24) is 4.90 Å². The molecule has 0 bridgehead atoms. The van der Waals surface area contributed by atoms with Gasteiger partial charge in [-0.05, 0) is 25.5 Å². The van der Waals surface area contributed by atoms with Crippen LogP contribution < -0.4 is 0 Å². The van der Waals surface area contributed by atoms with Crippen LogP contribution in [0.25, 0.3) is 0 Å². The summed E-state index contributed by atoms with van der Waals surface area (Å²) in [7, 11) is 1.14. The lowest BCUT2D eigenvalue weighted by molar-refractivity contribution is -0.148. The van der Waals surface area contributed by atoms with Crippen LogP contribution in [0, 0.1) is 0 Å². The van der Waals surface area contributed by atoms with Gasteiger partial charge in [-0.15, -0.1) is 0 Å². The number of amides is 1. The largest absolute Gasteiger partial charge is 0.466 e. The lowest BCUT2D eigenvalue weighted by Crippen LogP contribution is -2.41. The van der Waals surface area contributed by atoms with Gasteiger partial charge in [0, 0.05) is 18.0 Å². The van der Waals surface area contributed by atoms with Gasteiger partial charge in [0.1, 0.15) is 6.54 Å². The summed E-state index contributed by atoms with van der Waals surface area (Å²) in [6, 6.07) is 4.47. The van der Waals surface area contributed by atoms with Gasteiger partial charge in [-0.1, -0.05) is 18.2 Å². The molecule has 0 N–H and O–H groups in total. The quantitative estimate of drug-likeness (QED) is 0.712. The van der Waals surface area contributed by atoms with Crippen molar-refractivity contribution in [3.63, 3.8) is 0 Å². The Morgan fingerprint density at radius 1 is 1.29 bits per heavy atom. The maximum Gasteiger partial charge on any atom is 0.416 e. The van der Waals surface area contributed by atoms with E-state index < -0.39 is 42.0 Å². The van der Waals surface area contributed by atoms with Gasteiger partial charge < -0.3 is 14.4 Å². The zero-order chi connectivity index (χ0) is 21.1. The van der Waals surface area contributed by atoms with Crippen molar-refractivity contribution >= 4 is 17.8 Å². The maximum absolute atomic E-state index is 13.1. The number of hydrogen-bond donors (Lipinski definition) is 0. The molecule has 152 valence electrons. The summed E-state index contributed by atoms with van der Waals surface area (Å²) >= 11 is 0. The number of allylic oxidation sites excluding steroid dienone is 1. The molecular weight excluding hydrogens is 379 g/mol. The number of ether oxygens (including phenoxy) is 2. The van der Waals surface area contributed by atoms with Gasteiger partial charge in [0.15, 0.2) is 0 Å². The summed E-state index contributed by atoms with van der Waals surface area (Å²) in [5, 5.41) is 0. The average Bonchev–Trinajstić information content (AvgIpc) is 2.63. The highest BCUT2D eigenvalue weighted by Crippen LogP contribution is 2.39. The van der Waals surface area contributed by atoms with Crippen LogP contribution in [-0.4, -0.2) is 43.0 Å².